The van der Waals surface area contributed by atoms with Crippen LogP contribution in [-0.4, -0.2) is 49.1 Å². The maximum atomic E-state index is 12.9. The van der Waals surface area contributed by atoms with E-state index in [4.69, 9.17) is 18.9 Å². The fraction of sp³-hybridized carbons (Fsp3) is 0.211. The van der Waals surface area contributed by atoms with Crippen LogP contribution in [0.2, 0.25) is 0 Å². The van der Waals surface area contributed by atoms with Gasteiger partial charge < -0.3 is 28.1 Å². The predicted molar refractivity (Wildman–Crippen MR) is 181 cm³/mol. The number of ether oxygens (including phenoxy) is 4. The van der Waals surface area contributed by atoms with Gasteiger partial charge in [-0.05, 0) is 68.4 Å². The van der Waals surface area contributed by atoms with E-state index < -0.39 is 0 Å². The van der Waals surface area contributed by atoms with Gasteiger partial charge >= 0.3 is 0 Å². The zero-order chi connectivity index (χ0) is 32.8. The van der Waals surface area contributed by atoms with E-state index in [1.54, 1.807) is 46.6 Å². The molecular weight excluding hydrogens is 580 g/mol. The first-order valence-electron chi connectivity index (χ1n) is 15.1. The summed E-state index contributed by atoms with van der Waals surface area (Å²) in [7, 11) is 6.46. The lowest BCUT2D eigenvalue weighted by Crippen LogP contribution is -2.01. The quantitative estimate of drug-likeness (QED) is 0.146. The highest BCUT2D eigenvalue weighted by Crippen LogP contribution is 2.30. The monoisotopic (exact) mass is 618 g/mol. The van der Waals surface area contributed by atoms with Gasteiger partial charge in [0.1, 0.15) is 23.0 Å². The fourth-order valence-corrected chi connectivity index (χ4v) is 5.53. The molecule has 0 unspecified atom stereocenters. The molecule has 0 saturated heterocycles. The van der Waals surface area contributed by atoms with Gasteiger partial charge in [0.05, 0.1) is 34.0 Å². The third-order valence-electron chi connectivity index (χ3n) is 8.01. The topological polar surface area (TPSA) is 80.9 Å². The highest BCUT2D eigenvalue weighted by atomic mass is 16.5. The van der Waals surface area contributed by atoms with Crippen molar-refractivity contribution in [2.24, 2.45) is 0 Å². The summed E-state index contributed by atoms with van der Waals surface area (Å²) in [5.74, 6) is 2.85. The molecule has 0 aliphatic carbocycles. The second-order valence-electron chi connectivity index (χ2n) is 10.5. The maximum absolute atomic E-state index is 12.9. The lowest BCUT2D eigenvalue weighted by atomic mass is 10.0. The number of hydrogen-bond acceptors (Lipinski definition) is 6. The van der Waals surface area contributed by atoms with Crippen LogP contribution in [0.4, 0.5) is 0 Å². The molecule has 2 heterocycles. The van der Waals surface area contributed by atoms with E-state index >= 15 is 0 Å². The number of aryl methyl sites for hydroxylation is 2. The standard InChI is InChI=1S/2C19H19NO3/c1-4-20-12-17(16-11-15(23-3)8-9-18(16)20)19(21)13-6-5-7-14(10-13)22-2;1-4-20-12-17(16-9-8-15(23-3)11-18(16)20)19(21)13-6-5-7-14(10-13)22-2/h2*5-12H,4H2,1-3H3. The number of fused-ring (bicyclic) bond motifs is 2. The number of carbonyl (C=O) groups excluding carboxylic acids is 2. The smallest absolute Gasteiger partial charge is 0.195 e. The molecule has 0 aliphatic heterocycles. The van der Waals surface area contributed by atoms with Crippen molar-refractivity contribution in [1.82, 2.24) is 9.13 Å². The number of nitrogens with zero attached hydrogens (tertiary/aromatic N) is 2. The summed E-state index contributed by atoms with van der Waals surface area (Å²) in [6.45, 7) is 5.70. The van der Waals surface area contributed by atoms with Crippen molar-refractivity contribution in [3.63, 3.8) is 0 Å². The van der Waals surface area contributed by atoms with Crippen molar-refractivity contribution in [2.45, 2.75) is 26.9 Å². The normalized spacial score (nSPS) is 10.7. The summed E-state index contributed by atoms with van der Waals surface area (Å²) >= 11 is 0. The molecule has 0 bridgehead atoms. The average Bonchev–Trinajstić information content (AvgIpc) is 3.68. The number of ketones is 2. The molecule has 0 spiro atoms. The van der Waals surface area contributed by atoms with Crippen molar-refractivity contribution in [3.8, 4) is 23.0 Å². The van der Waals surface area contributed by atoms with E-state index in [1.165, 1.54) is 0 Å². The van der Waals surface area contributed by atoms with Crippen molar-refractivity contribution < 1.29 is 28.5 Å². The van der Waals surface area contributed by atoms with Crippen LogP contribution in [0.3, 0.4) is 0 Å². The van der Waals surface area contributed by atoms with Crippen LogP contribution >= 0.6 is 0 Å². The molecule has 0 amide bonds. The second kappa shape index (κ2) is 14.1. The molecule has 0 N–H and O–H groups in total. The minimum atomic E-state index is -0.0191. The van der Waals surface area contributed by atoms with Crippen LogP contribution in [-0.2, 0) is 13.1 Å². The summed E-state index contributed by atoms with van der Waals surface area (Å²) in [5, 5.41) is 1.83. The number of aromatic nitrogens is 2. The summed E-state index contributed by atoms with van der Waals surface area (Å²) in [4.78, 5) is 25.9. The van der Waals surface area contributed by atoms with Crippen LogP contribution in [0.25, 0.3) is 21.8 Å². The minimum Gasteiger partial charge on any atom is -0.497 e. The summed E-state index contributed by atoms with van der Waals surface area (Å²) in [5.41, 5.74) is 4.63. The van der Waals surface area contributed by atoms with E-state index in [9.17, 15) is 9.59 Å². The van der Waals surface area contributed by atoms with Crippen molar-refractivity contribution in [3.05, 3.63) is 120 Å². The van der Waals surface area contributed by atoms with E-state index in [0.717, 1.165) is 46.4 Å². The molecule has 6 aromatic rings. The maximum Gasteiger partial charge on any atom is 0.195 e. The number of carbonyl (C=O) groups is 2. The molecule has 4 aromatic carbocycles. The first-order chi connectivity index (χ1) is 22.3. The van der Waals surface area contributed by atoms with Crippen molar-refractivity contribution >= 4 is 33.4 Å². The van der Waals surface area contributed by atoms with Gasteiger partial charge in [-0.25, -0.2) is 0 Å². The molecule has 0 radical (unpaired) electrons. The largest absolute Gasteiger partial charge is 0.497 e. The van der Waals surface area contributed by atoms with Gasteiger partial charge in [-0.3, -0.25) is 9.59 Å². The molecule has 46 heavy (non-hydrogen) atoms. The zero-order valence-corrected chi connectivity index (χ0v) is 27.0. The molecule has 0 aliphatic rings. The van der Waals surface area contributed by atoms with Gasteiger partial charge in [0.15, 0.2) is 11.6 Å². The Morgan fingerprint density at radius 2 is 0.978 bits per heavy atom. The molecule has 0 saturated carbocycles. The Hall–Kier alpha value is -5.50. The van der Waals surface area contributed by atoms with Gasteiger partial charge in [0.2, 0.25) is 0 Å². The van der Waals surface area contributed by atoms with Gasteiger partial charge in [-0.15, -0.1) is 0 Å². The van der Waals surface area contributed by atoms with Crippen LogP contribution < -0.4 is 18.9 Å². The zero-order valence-electron chi connectivity index (χ0n) is 27.0. The molecule has 236 valence electrons. The van der Waals surface area contributed by atoms with Crippen molar-refractivity contribution in [2.75, 3.05) is 28.4 Å². The van der Waals surface area contributed by atoms with Crippen LogP contribution in [0.15, 0.2) is 97.3 Å². The summed E-state index contributed by atoms with van der Waals surface area (Å²) in [6, 6.07) is 26.0. The Labute approximate surface area is 268 Å². The molecule has 8 heteroatoms. The van der Waals surface area contributed by atoms with E-state index in [1.807, 2.05) is 79.1 Å². The number of benzene rings is 4. The Morgan fingerprint density at radius 1 is 0.522 bits per heavy atom. The summed E-state index contributed by atoms with van der Waals surface area (Å²) < 4.78 is 25.2. The number of hydrogen-bond donors (Lipinski definition) is 0. The Morgan fingerprint density at radius 3 is 1.50 bits per heavy atom. The third-order valence-corrected chi connectivity index (χ3v) is 8.01. The Kier molecular flexibility index (Phi) is 9.76. The van der Waals surface area contributed by atoms with Gasteiger partial charge in [0, 0.05) is 70.1 Å². The van der Waals surface area contributed by atoms with Crippen LogP contribution in [0, 0.1) is 0 Å². The molecule has 8 nitrogen and oxygen atoms in total. The van der Waals surface area contributed by atoms with Crippen molar-refractivity contribution in [1.29, 1.82) is 0 Å². The molecule has 0 fully saturated rings. The van der Waals surface area contributed by atoms with Gasteiger partial charge in [0.25, 0.3) is 0 Å². The fourth-order valence-electron chi connectivity index (χ4n) is 5.53. The lowest BCUT2D eigenvalue weighted by Gasteiger charge is -2.04. The lowest BCUT2D eigenvalue weighted by molar-refractivity contribution is 0.103. The second-order valence-corrected chi connectivity index (χ2v) is 10.5. The van der Waals surface area contributed by atoms with E-state index in [2.05, 4.69) is 23.0 Å². The molecule has 0 atom stereocenters. The number of rotatable bonds is 10. The predicted octanol–water partition coefficient (Wildman–Crippen LogP) is 7.82. The van der Waals surface area contributed by atoms with Gasteiger partial charge in [-0.1, -0.05) is 24.3 Å². The molecular formula is C38H38N2O6. The average molecular weight is 619 g/mol. The highest BCUT2D eigenvalue weighted by molar-refractivity contribution is 6.17. The van der Waals surface area contributed by atoms with Crippen LogP contribution in [0.1, 0.15) is 45.7 Å². The Balaban J connectivity index is 0.000000181. The SMILES string of the molecule is CCn1cc(C(=O)c2cccc(OC)c2)c2cc(OC)ccc21.CCn1cc(C(=O)c2cccc(OC)c2)c2ccc(OC)cc21. The van der Waals surface area contributed by atoms with E-state index in [-0.39, 0.29) is 11.6 Å². The highest BCUT2D eigenvalue weighted by Gasteiger charge is 2.19. The first kappa shape index (κ1) is 31.9. The minimum absolute atomic E-state index is 0.00809. The van der Waals surface area contributed by atoms with E-state index in [0.29, 0.717) is 33.8 Å². The number of methoxy groups -OCH3 is 4. The molecule has 2 aromatic heterocycles. The van der Waals surface area contributed by atoms with Crippen LogP contribution in [0.5, 0.6) is 23.0 Å². The Bertz CT molecular complexity index is 2020. The van der Waals surface area contributed by atoms with Gasteiger partial charge in [-0.2, -0.15) is 0 Å². The molecule has 6 rings (SSSR count). The first-order valence-corrected chi connectivity index (χ1v) is 15.1. The summed E-state index contributed by atoms with van der Waals surface area (Å²) in [6.07, 6.45) is 3.82. The third kappa shape index (κ3) is 6.33.